The van der Waals surface area contributed by atoms with Crippen molar-refractivity contribution in [2.24, 2.45) is 5.92 Å². The van der Waals surface area contributed by atoms with Crippen LogP contribution in [-0.4, -0.2) is 35.8 Å². The van der Waals surface area contributed by atoms with Gasteiger partial charge in [0, 0.05) is 30.6 Å². The highest BCUT2D eigenvalue weighted by Gasteiger charge is 2.43. The van der Waals surface area contributed by atoms with Crippen LogP contribution in [0, 0.1) is 5.92 Å². The van der Waals surface area contributed by atoms with Gasteiger partial charge in [-0.15, -0.1) is 0 Å². The van der Waals surface area contributed by atoms with Crippen molar-refractivity contribution >= 4 is 17.5 Å². The first-order chi connectivity index (χ1) is 10.7. The highest BCUT2D eigenvalue weighted by Crippen LogP contribution is 2.38. The molecule has 2 heterocycles. The fraction of sp³-hybridized carbons (Fsp3) is 0.556. The fourth-order valence-electron chi connectivity index (χ4n) is 3.86. The molecule has 1 aromatic carbocycles. The predicted octanol–water partition coefficient (Wildman–Crippen LogP) is 2.54. The molecule has 2 aliphatic heterocycles. The summed E-state index contributed by atoms with van der Waals surface area (Å²) >= 11 is 0. The summed E-state index contributed by atoms with van der Waals surface area (Å²) in [7, 11) is 0. The van der Waals surface area contributed by atoms with E-state index in [9.17, 15) is 9.59 Å². The molecule has 22 heavy (non-hydrogen) atoms. The summed E-state index contributed by atoms with van der Waals surface area (Å²) in [6.07, 6.45) is 3.75. The molecule has 0 aromatic heterocycles. The Hall–Kier alpha value is -1.84. The first-order valence-corrected chi connectivity index (χ1v) is 8.37. The third-order valence-electron chi connectivity index (χ3n) is 5.23. The lowest BCUT2D eigenvalue weighted by Crippen LogP contribution is -2.48. The summed E-state index contributed by atoms with van der Waals surface area (Å²) in [5.74, 6) is 0.881. The van der Waals surface area contributed by atoms with E-state index in [1.165, 1.54) is 5.56 Å². The van der Waals surface area contributed by atoms with Crippen molar-refractivity contribution in [2.75, 3.05) is 18.0 Å². The van der Waals surface area contributed by atoms with Crippen molar-refractivity contribution in [3.63, 3.8) is 0 Å². The Bertz CT molecular complexity index is 623. The van der Waals surface area contributed by atoms with Crippen LogP contribution in [0.15, 0.2) is 24.3 Å². The minimum atomic E-state index is -0.244. The van der Waals surface area contributed by atoms with Gasteiger partial charge in [-0.1, -0.05) is 25.1 Å². The fourth-order valence-corrected chi connectivity index (χ4v) is 3.86. The van der Waals surface area contributed by atoms with Crippen LogP contribution in [0.25, 0.3) is 0 Å². The van der Waals surface area contributed by atoms with Gasteiger partial charge >= 0.3 is 0 Å². The van der Waals surface area contributed by atoms with Crippen LogP contribution in [0.3, 0.4) is 0 Å². The molecular weight excluding hydrogens is 276 g/mol. The summed E-state index contributed by atoms with van der Waals surface area (Å²) in [4.78, 5) is 29.2. The van der Waals surface area contributed by atoms with Gasteiger partial charge < -0.3 is 9.80 Å². The number of hydrogen-bond acceptors (Lipinski definition) is 2. The lowest BCUT2D eigenvalue weighted by molar-refractivity contribution is -0.138. The standard InChI is InChI=1S/C18H22N2O2/c1-12-11-20(15-6-3-2-5-14(12)15)18(22)16-7-4-10-19(16)17(21)13-8-9-13/h2-3,5-6,12-13,16H,4,7-11H2,1H3. The second kappa shape index (κ2) is 5.11. The zero-order valence-corrected chi connectivity index (χ0v) is 13.0. The van der Waals surface area contributed by atoms with E-state index in [0.29, 0.717) is 5.92 Å². The van der Waals surface area contributed by atoms with Crippen molar-refractivity contribution in [1.82, 2.24) is 4.90 Å². The molecule has 1 saturated carbocycles. The van der Waals surface area contributed by atoms with Gasteiger partial charge in [0.15, 0.2) is 0 Å². The molecule has 116 valence electrons. The number of para-hydroxylation sites is 1. The van der Waals surface area contributed by atoms with Gasteiger partial charge in [-0.3, -0.25) is 9.59 Å². The number of fused-ring (bicyclic) bond motifs is 1. The predicted molar refractivity (Wildman–Crippen MR) is 84.7 cm³/mol. The zero-order valence-electron chi connectivity index (χ0n) is 13.0. The van der Waals surface area contributed by atoms with E-state index in [2.05, 4.69) is 13.0 Å². The van der Waals surface area contributed by atoms with E-state index in [1.807, 2.05) is 28.0 Å². The topological polar surface area (TPSA) is 40.6 Å². The number of amides is 2. The van der Waals surface area contributed by atoms with E-state index >= 15 is 0 Å². The minimum Gasteiger partial charge on any atom is -0.330 e. The maximum Gasteiger partial charge on any atom is 0.249 e. The number of carbonyl (C=O) groups is 2. The molecule has 4 heteroatoms. The average Bonchev–Trinajstić information content (AvgIpc) is 3.18. The van der Waals surface area contributed by atoms with Crippen LogP contribution in [-0.2, 0) is 9.59 Å². The summed E-state index contributed by atoms with van der Waals surface area (Å²) in [5, 5.41) is 0. The van der Waals surface area contributed by atoms with Gasteiger partial charge in [-0.25, -0.2) is 0 Å². The molecule has 0 spiro atoms. The van der Waals surface area contributed by atoms with E-state index in [1.54, 1.807) is 0 Å². The normalized spacial score (nSPS) is 27.1. The number of rotatable bonds is 2. The number of anilines is 1. The van der Waals surface area contributed by atoms with Crippen molar-refractivity contribution < 1.29 is 9.59 Å². The van der Waals surface area contributed by atoms with Crippen molar-refractivity contribution in [2.45, 2.75) is 44.6 Å². The average molecular weight is 298 g/mol. The number of likely N-dealkylation sites (tertiary alicyclic amines) is 1. The molecule has 2 fully saturated rings. The molecule has 2 unspecified atom stereocenters. The maximum atomic E-state index is 13.0. The molecule has 4 nitrogen and oxygen atoms in total. The Morgan fingerprint density at radius 1 is 1.09 bits per heavy atom. The number of hydrogen-bond donors (Lipinski definition) is 0. The molecule has 0 N–H and O–H groups in total. The first-order valence-electron chi connectivity index (χ1n) is 8.37. The van der Waals surface area contributed by atoms with Gasteiger partial charge in [0.05, 0.1) is 0 Å². The van der Waals surface area contributed by atoms with Crippen molar-refractivity contribution in [1.29, 1.82) is 0 Å². The first kappa shape index (κ1) is 13.8. The lowest BCUT2D eigenvalue weighted by atomic mass is 10.0. The molecule has 2 amide bonds. The second-order valence-corrected chi connectivity index (χ2v) is 6.87. The van der Waals surface area contributed by atoms with Crippen LogP contribution >= 0.6 is 0 Å². The van der Waals surface area contributed by atoms with Crippen LogP contribution in [0.5, 0.6) is 0 Å². The largest absolute Gasteiger partial charge is 0.330 e. The molecule has 1 aromatic rings. The molecule has 2 atom stereocenters. The number of benzene rings is 1. The van der Waals surface area contributed by atoms with E-state index in [4.69, 9.17) is 0 Å². The van der Waals surface area contributed by atoms with Crippen molar-refractivity contribution in [3.8, 4) is 0 Å². The van der Waals surface area contributed by atoms with E-state index in [-0.39, 0.29) is 23.8 Å². The minimum absolute atomic E-state index is 0.114. The van der Waals surface area contributed by atoms with Gasteiger partial charge in [0.2, 0.25) is 11.8 Å². The Labute approximate surface area is 131 Å². The van der Waals surface area contributed by atoms with Crippen LogP contribution in [0.2, 0.25) is 0 Å². The van der Waals surface area contributed by atoms with Gasteiger partial charge in [0.1, 0.15) is 6.04 Å². The number of nitrogens with zero attached hydrogens (tertiary/aromatic N) is 2. The maximum absolute atomic E-state index is 13.0. The Morgan fingerprint density at radius 3 is 2.64 bits per heavy atom. The lowest BCUT2D eigenvalue weighted by Gasteiger charge is -2.28. The molecule has 4 rings (SSSR count). The highest BCUT2D eigenvalue weighted by molar-refractivity contribution is 6.01. The van der Waals surface area contributed by atoms with E-state index in [0.717, 1.165) is 44.5 Å². The third kappa shape index (κ3) is 2.13. The van der Waals surface area contributed by atoms with Crippen LogP contribution in [0.4, 0.5) is 5.69 Å². The zero-order chi connectivity index (χ0) is 15.3. The Balaban J connectivity index is 1.58. The van der Waals surface area contributed by atoms with Gasteiger partial charge in [-0.05, 0) is 37.3 Å². The monoisotopic (exact) mass is 298 g/mol. The molecular formula is C18H22N2O2. The number of carbonyl (C=O) groups excluding carboxylic acids is 2. The summed E-state index contributed by atoms with van der Waals surface area (Å²) in [6, 6.07) is 7.90. The van der Waals surface area contributed by atoms with Crippen molar-refractivity contribution in [3.05, 3.63) is 29.8 Å². The summed E-state index contributed by atoms with van der Waals surface area (Å²) in [6.45, 7) is 3.64. The molecule has 1 aliphatic carbocycles. The highest BCUT2D eigenvalue weighted by atomic mass is 16.2. The van der Waals surface area contributed by atoms with Crippen LogP contribution < -0.4 is 4.90 Å². The molecule has 0 bridgehead atoms. The molecule has 0 radical (unpaired) electrons. The summed E-state index contributed by atoms with van der Waals surface area (Å²) in [5.41, 5.74) is 2.28. The SMILES string of the molecule is CC1CN(C(=O)C2CCCN2C(=O)C2CC2)c2ccccc21. The molecule has 1 saturated heterocycles. The Morgan fingerprint density at radius 2 is 1.86 bits per heavy atom. The summed E-state index contributed by atoms with van der Waals surface area (Å²) < 4.78 is 0. The molecule has 3 aliphatic rings. The van der Waals surface area contributed by atoms with Gasteiger partial charge in [-0.2, -0.15) is 0 Å². The van der Waals surface area contributed by atoms with Crippen LogP contribution in [0.1, 0.15) is 44.1 Å². The van der Waals surface area contributed by atoms with E-state index < -0.39 is 0 Å². The quantitative estimate of drug-likeness (QED) is 0.842. The smallest absolute Gasteiger partial charge is 0.249 e. The van der Waals surface area contributed by atoms with Gasteiger partial charge in [0.25, 0.3) is 0 Å². The third-order valence-corrected chi connectivity index (χ3v) is 5.23. The second-order valence-electron chi connectivity index (χ2n) is 6.87. The Kier molecular flexibility index (Phi) is 3.21.